The van der Waals surface area contributed by atoms with E-state index in [0.717, 1.165) is 38.5 Å². The zero-order valence-corrected chi connectivity index (χ0v) is 20.6. The molecule has 0 bridgehead atoms. The van der Waals surface area contributed by atoms with Gasteiger partial charge in [-0.25, -0.2) is 4.39 Å². The molecule has 1 aliphatic rings. The van der Waals surface area contributed by atoms with E-state index in [1.165, 1.54) is 12.1 Å². The lowest BCUT2D eigenvalue weighted by molar-refractivity contribution is 0.565. The first-order chi connectivity index (χ1) is 16.0. The average molecular weight is 521 g/mol. The van der Waals surface area contributed by atoms with Gasteiger partial charge in [0.05, 0.1) is 23.5 Å². The molecule has 166 valence electrons. The van der Waals surface area contributed by atoms with Gasteiger partial charge in [0.2, 0.25) is 0 Å². The quantitative estimate of drug-likeness (QED) is 0.308. The fourth-order valence-electron chi connectivity index (χ4n) is 4.64. The lowest BCUT2D eigenvalue weighted by Crippen LogP contribution is -2.29. The number of halogens is 2. The van der Waals surface area contributed by atoms with Crippen molar-refractivity contribution >= 4 is 38.9 Å². The van der Waals surface area contributed by atoms with Gasteiger partial charge in [0.15, 0.2) is 5.11 Å². The SMILES string of the molecule is Cc1cc(C2C(c3ccccn3)NC(=S)N2c2ccc(F)cc2)c(C)n1-c1ccccc1Br. The number of anilines is 1. The van der Waals surface area contributed by atoms with E-state index >= 15 is 0 Å². The molecule has 2 unspecified atom stereocenters. The van der Waals surface area contributed by atoms with Crippen molar-refractivity contribution in [1.29, 1.82) is 0 Å². The van der Waals surface area contributed by atoms with Gasteiger partial charge in [-0.1, -0.05) is 18.2 Å². The van der Waals surface area contributed by atoms with Gasteiger partial charge in [0, 0.05) is 27.7 Å². The molecule has 2 aromatic heterocycles. The number of aromatic nitrogens is 2. The first-order valence-corrected chi connectivity index (χ1v) is 11.9. The molecule has 0 spiro atoms. The molecule has 0 radical (unpaired) electrons. The summed E-state index contributed by atoms with van der Waals surface area (Å²) in [6, 6.07) is 22.4. The van der Waals surface area contributed by atoms with Crippen molar-refractivity contribution in [2.24, 2.45) is 0 Å². The van der Waals surface area contributed by atoms with Crippen LogP contribution in [0.4, 0.5) is 10.1 Å². The Morgan fingerprint density at radius 3 is 2.42 bits per heavy atom. The molecule has 2 atom stereocenters. The predicted octanol–water partition coefficient (Wildman–Crippen LogP) is 6.57. The standard InChI is InChI=1S/C26H22BrFN4S/c1-16-15-20(17(2)31(16)23-9-4-3-7-21(23)27)25-24(22-8-5-6-14-29-22)30-26(33)32(25)19-12-10-18(28)11-13-19/h3-15,24-25H,1-2H3,(H,30,33). The van der Waals surface area contributed by atoms with Gasteiger partial charge < -0.3 is 14.8 Å². The number of nitrogens with zero attached hydrogens (tertiary/aromatic N) is 3. The summed E-state index contributed by atoms with van der Waals surface area (Å²) in [6.07, 6.45) is 1.79. The van der Waals surface area contributed by atoms with Crippen LogP contribution in [0.2, 0.25) is 0 Å². The summed E-state index contributed by atoms with van der Waals surface area (Å²) in [5, 5.41) is 4.06. The molecular formula is C26H22BrFN4S. The van der Waals surface area contributed by atoms with E-state index in [9.17, 15) is 4.39 Å². The molecular weight excluding hydrogens is 499 g/mol. The second-order valence-electron chi connectivity index (χ2n) is 8.09. The molecule has 1 N–H and O–H groups in total. The minimum atomic E-state index is -0.276. The van der Waals surface area contributed by atoms with Gasteiger partial charge >= 0.3 is 0 Å². The van der Waals surface area contributed by atoms with Crippen molar-refractivity contribution in [1.82, 2.24) is 14.9 Å². The van der Waals surface area contributed by atoms with Crippen LogP contribution in [-0.4, -0.2) is 14.7 Å². The molecule has 1 fully saturated rings. The number of aryl methyl sites for hydroxylation is 1. The molecule has 4 nitrogen and oxygen atoms in total. The summed E-state index contributed by atoms with van der Waals surface area (Å²) in [7, 11) is 0. The minimum Gasteiger partial charge on any atom is -0.351 e. The van der Waals surface area contributed by atoms with Crippen molar-refractivity contribution in [2.75, 3.05) is 4.90 Å². The third-order valence-electron chi connectivity index (χ3n) is 6.09. The predicted molar refractivity (Wildman–Crippen MR) is 137 cm³/mol. The number of hydrogen-bond acceptors (Lipinski definition) is 2. The number of pyridine rings is 1. The summed E-state index contributed by atoms with van der Waals surface area (Å²) in [5.41, 5.74) is 6.18. The smallest absolute Gasteiger partial charge is 0.174 e. The minimum absolute atomic E-state index is 0.153. The van der Waals surface area contributed by atoms with Crippen LogP contribution in [0.5, 0.6) is 0 Å². The van der Waals surface area contributed by atoms with Crippen LogP contribution in [0.25, 0.3) is 5.69 Å². The molecule has 0 amide bonds. The van der Waals surface area contributed by atoms with E-state index in [2.05, 4.69) is 61.7 Å². The van der Waals surface area contributed by atoms with Crippen molar-refractivity contribution in [3.63, 3.8) is 0 Å². The van der Waals surface area contributed by atoms with Crippen molar-refractivity contribution in [3.8, 4) is 5.69 Å². The van der Waals surface area contributed by atoms with E-state index in [0.29, 0.717) is 5.11 Å². The van der Waals surface area contributed by atoms with E-state index in [1.54, 1.807) is 18.3 Å². The third-order valence-corrected chi connectivity index (χ3v) is 7.07. The zero-order valence-electron chi connectivity index (χ0n) is 18.2. The second kappa shape index (κ2) is 8.72. The van der Waals surface area contributed by atoms with Crippen molar-refractivity contribution < 1.29 is 4.39 Å². The van der Waals surface area contributed by atoms with Gasteiger partial charge in [-0.15, -0.1) is 0 Å². The van der Waals surface area contributed by atoms with Crippen molar-refractivity contribution in [2.45, 2.75) is 25.9 Å². The lowest BCUT2D eigenvalue weighted by Gasteiger charge is -2.28. The van der Waals surface area contributed by atoms with Crippen LogP contribution >= 0.6 is 28.1 Å². The van der Waals surface area contributed by atoms with E-state index in [4.69, 9.17) is 12.2 Å². The molecule has 4 aromatic rings. The largest absolute Gasteiger partial charge is 0.351 e. The Bertz CT molecular complexity index is 1320. The molecule has 5 rings (SSSR count). The highest BCUT2D eigenvalue weighted by atomic mass is 79.9. The lowest BCUT2D eigenvalue weighted by atomic mass is 9.96. The van der Waals surface area contributed by atoms with Gasteiger partial charge in [-0.3, -0.25) is 4.98 Å². The molecule has 0 saturated carbocycles. The van der Waals surface area contributed by atoms with Crippen LogP contribution < -0.4 is 10.2 Å². The maximum atomic E-state index is 13.7. The number of rotatable bonds is 4. The zero-order chi connectivity index (χ0) is 23.1. The molecule has 7 heteroatoms. The van der Waals surface area contributed by atoms with Gasteiger partial charge in [-0.2, -0.15) is 0 Å². The number of nitrogens with one attached hydrogen (secondary N) is 1. The maximum Gasteiger partial charge on any atom is 0.174 e. The summed E-state index contributed by atoms with van der Waals surface area (Å²) >= 11 is 9.48. The van der Waals surface area contributed by atoms with Crippen LogP contribution in [0.3, 0.4) is 0 Å². The Kier molecular flexibility index (Phi) is 5.76. The number of para-hydroxylation sites is 1. The number of benzene rings is 2. The first-order valence-electron chi connectivity index (χ1n) is 10.7. The van der Waals surface area contributed by atoms with Crippen LogP contribution in [0.1, 0.15) is 34.7 Å². The Morgan fingerprint density at radius 1 is 1.00 bits per heavy atom. The highest BCUT2D eigenvalue weighted by Gasteiger charge is 2.42. The van der Waals surface area contributed by atoms with Crippen molar-refractivity contribution in [3.05, 3.63) is 112 Å². The van der Waals surface area contributed by atoms with Crippen LogP contribution in [-0.2, 0) is 0 Å². The van der Waals surface area contributed by atoms with Crippen LogP contribution in [0, 0.1) is 19.7 Å². The topological polar surface area (TPSA) is 33.1 Å². The molecule has 3 heterocycles. The second-order valence-corrected chi connectivity index (χ2v) is 9.33. The monoisotopic (exact) mass is 520 g/mol. The number of hydrogen-bond donors (Lipinski definition) is 1. The fraction of sp³-hybridized carbons (Fsp3) is 0.154. The molecule has 1 saturated heterocycles. The van der Waals surface area contributed by atoms with E-state index in [-0.39, 0.29) is 17.9 Å². The Labute approximate surface area is 206 Å². The van der Waals surface area contributed by atoms with Gasteiger partial charge in [0.1, 0.15) is 5.82 Å². The Hall–Kier alpha value is -3.03. The third kappa shape index (κ3) is 3.85. The summed E-state index contributed by atoms with van der Waals surface area (Å²) in [4.78, 5) is 6.69. The fourth-order valence-corrected chi connectivity index (χ4v) is 5.45. The molecule has 1 aliphatic heterocycles. The first kappa shape index (κ1) is 21.8. The summed E-state index contributed by atoms with van der Waals surface area (Å²) in [6.45, 7) is 4.23. The Morgan fingerprint density at radius 2 is 1.73 bits per heavy atom. The van der Waals surface area contributed by atoms with E-state index in [1.807, 2.05) is 36.4 Å². The van der Waals surface area contributed by atoms with E-state index < -0.39 is 0 Å². The van der Waals surface area contributed by atoms with Gasteiger partial charge in [-0.05, 0) is 102 Å². The maximum absolute atomic E-state index is 13.7. The van der Waals surface area contributed by atoms with Gasteiger partial charge in [0.25, 0.3) is 0 Å². The normalized spacial score (nSPS) is 17.9. The average Bonchev–Trinajstić information content (AvgIpc) is 3.31. The number of thiocarbonyl (C=S) groups is 1. The molecule has 0 aliphatic carbocycles. The highest BCUT2D eigenvalue weighted by Crippen LogP contribution is 2.44. The highest BCUT2D eigenvalue weighted by molar-refractivity contribution is 9.10. The van der Waals surface area contributed by atoms with Crippen LogP contribution in [0.15, 0.2) is 83.5 Å². The summed E-state index contributed by atoms with van der Waals surface area (Å²) in [5.74, 6) is -0.276. The Balaban J connectivity index is 1.69. The molecule has 33 heavy (non-hydrogen) atoms. The molecule has 2 aromatic carbocycles. The summed E-state index contributed by atoms with van der Waals surface area (Å²) < 4.78 is 17.0.